The zero-order valence-electron chi connectivity index (χ0n) is 13.4. The van der Waals surface area contributed by atoms with E-state index in [2.05, 4.69) is 10.3 Å². The van der Waals surface area contributed by atoms with Crippen molar-refractivity contribution in [1.29, 1.82) is 0 Å². The first-order valence-corrected chi connectivity index (χ1v) is 8.08. The van der Waals surface area contributed by atoms with E-state index in [1.807, 2.05) is 41.8 Å². The summed E-state index contributed by atoms with van der Waals surface area (Å²) in [6, 6.07) is 9.46. The summed E-state index contributed by atoms with van der Waals surface area (Å²) in [7, 11) is 0. The molecule has 0 radical (unpaired) electrons. The zero-order valence-corrected chi connectivity index (χ0v) is 13.4. The van der Waals surface area contributed by atoms with Crippen LogP contribution in [-0.4, -0.2) is 15.3 Å². The van der Waals surface area contributed by atoms with E-state index in [4.69, 9.17) is 0 Å². The lowest BCUT2D eigenvalue weighted by Crippen LogP contribution is -2.28. The molecule has 0 saturated carbocycles. The van der Waals surface area contributed by atoms with Crippen LogP contribution in [0.4, 0.5) is 4.39 Å². The molecule has 4 rings (SSSR count). The van der Waals surface area contributed by atoms with Gasteiger partial charge >= 0.3 is 0 Å². The summed E-state index contributed by atoms with van der Waals surface area (Å²) in [4.78, 5) is 17.0. The Kier molecular flexibility index (Phi) is 3.56. The number of benzene rings is 1. The van der Waals surface area contributed by atoms with Gasteiger partial charge in [-0.1, -0.05) is 24.3 Å². The normalized spacial score (nSPS) is 16.3. The minimum absolute atomic E-state index is 0.0310. The summed E-state index contributed by atoms with van der Waals surface area (Å²) in [6.45, 7) is 1.53. The van der Waals surface area contributed by atoms with Gasteiger partial charge in [-0.15, -0.1) is 0 Å². The Balaban J connectivity index is 1.60. The third-order valence-corrected chi connectivity index (χ3v) is 4.63. The number of nitrogens with one attached hydrogen (secondary N) is 1. The number of imidazole rings is 1. The first-order chi connectivity index (χ1) is 11.7. The molecule has 1 aliphatic rings. The van der Waals surface area contributed by atoms with Crippen molar-refractivity contribution in [3.05, 3.63) is 70.7 Å². The number of pyridine rings is 1. The van der Waals surface area contributed by atoms with Gasteiger partial charge in [0.1, 0.15) is 18.0 Å². The highest BCUT2D eigenvalue weighted by Gasteiger charge is 2.25. The molecule has 3 aromatic rings. The molecule has 0 bridgehead atoms. The summed E-state index contributed by atoms with van der Waals surface area (Å²) < 4.78 is 14.6. The molecular formula is C19H18FN3O. The molecule has 1 atom stereocenters. The average Bonchev–Trinajstić information content (AvgIpc) is 3.18. The van der Waals surface area contributed by atoms with Gasteiger partial charge in [-0.25, -0.2) is 9.37 Å². The fourth-order valence-corrected chi connectivity index (χ4v) is 3.39. The van der Waals surface area contributed by atoms with Crippen LogP contribution in [0.5, 0.6) is 0 Å². The number of nitrogens with zero attached hydrogens (tertiary/aromatic N) is 2. The second-order valence-electron chi connectivity index (χ2n) is 6.31. The molecule has 4 nitrogen and oxygen atoms in total. The number of alkyl halides is 1. The molecule has 2 heterocycles. The lowest BCUT2D eigenvalue weighted by atomic mass is 10.1. The van der Waals surface area contributed by atoms with Gasteiger partial charge in [0.05, 0.1) is 12.2 Å². The fraction of sp³-hybridized carbons (Fsp3) is 0.263. The number of carbonyl (C=O) groups excluding carboxylic acids is 1. The Morgan fingerprint density at radius 2 is 2.25 bits per heavy atom. The number of carbonyl (C=O) groups is 1. The standard InChI is InChI=1S/C19H18FN3O/c1-12-2-7-18-21-10-17(23(18)11-12)19(24)22-16-6-4-14-8-13(9-20)3-5-15(14)16/h2-3,5,7-8,10-11,16H,4,6,9H2,1H3,(H,22,24)/t16-/m1/s1. The summed E-state index contributed by atoms with van der Waals surface area (Å²) in [6.07, 6.45) is 5.21. The molecule has 1 amide bonds. The molecule has 0 fully saturated rings. The van der Waals surface area contributed by atoms with Gasteiger partial charge < -0.3 is 5.32 Å². The van der Waals surface area contributed by atoms with E-state index in [1.165, 1.54) is 0 Å². The van der Waals surface area contributed by atoms with E-state index in [9.17, 15) is 9.18 Å². The van der Waals surface area contributed by atoms with Crippen LogP contribution in [0.15, 0.2) is 42.7 Å². The Hall–Kier alpha value is -2.69. The number of amides is 1. The minimum Gasteiger partial charge on any atom is -0.344 e. The second-order valence-corrected chi connectivity index (χ2v) is 6.31. The zero-order chi connectivity index (χ0) is 16.7. The number of aromatic nitrogens is 2. The lowest BCUT2D eigenvalue weighted by Gasteiger charge is -2.14. The van der Waals surface area contributed by atoms with Crippen molar-refractivity contribution in [2.24, 2.45) is 0 Å². The molecule has 1 aliphatic carbocycles. The number of aryl methyl sites for hydroxylation is 2. The monoisotopic (exact) mass is 323 g/mol. The highest BCUT2D eigenvalue weighted by atomic mass is 19.1. The highest BCUT2D eigenvalue weighted by molar-refractivity contribution is 5.93. The van der Waals surface area contributed by atoms with Crippen LogP contribution < -0.4 is 5.32 Å². The summed E-state index contributed by atoms with van der Waals surface area (Å²) in [5.41, 5.74) is 5.26. The predicted molar refractivity (Wildman–Crippen MR) is 89.7 cm³/mol. The van der Waals surface area contributed by atoms with Crippen LogP contribution in [0.2, 0.25) is 0 Å². The number of halogens is 1. The number of hydrogen-bond donors (Lipinski definition) is 1. The van der Waals surface area contributed by atoms with Gasteiger partial charge in [0.2, 0.25) is 0 Å². The predicted octanol–water partition coefficient (Wildman–Crippen LogP) is 3.53. The van der Waals surface area contributed by atoms with Gasteiger partial charge in [0.15, 0.2) is 0 Å². The van der Waals surface area contributed by atoms with E-state index in [-0.39, 0.29) is 11.9 Å². The maximum Gasteiger partial charge on any atom is 0.270 e. The number of fused-ring (bicyclic) bond motifs is 2. The topological polar surface area (TPSA) is 46.4 Å². The van der Waals surface area contributed by atoms with E-state index in [0.29, 0.717) is 11.3 Å². The van der Waals surface area contributed by atoms with Gasteiger partial charge in [-0.3, -0.25) is 9.20 Å². The van der Waals surface area contributed by atoms with Gasteiger partial charge in [0.25, 0.3) is 5.91 Å². The molecule has 0 spiro atoms. The van der Waals surface area contributed by atoms with Crippen molar-refractivity contribution < 1.29 is 9.18 Å². The maximum absolute atomic E-state index is 12.8. The Labute approximate surface area is 139 Å². The van der Waals surface area contributed by atoms with Gasteiger partial charge in [-0.2, -0.15) is 0 Å². The quantitative estimate of drug-likeness (QED) is 0.801. The first kappa shape index (κ1) is 14.9. The van der Waals surface area contributed by atoms with E-state index in [1.54, 1.807) is 12.3 Å². The molecule has 2 aromatic heterocycles. The van der Waals surface area contributed by atoms with E-state index in [0.717, 1.165) is 35.2 Å². The molecule has 5 heteroatoms. The van der Waals surface area contributed by atoms with Crippen molar-refractivity contribution in [3.63, 3.8) is 0 Å². The summed E-state index contributed by atoms with van der Waals surface area (Å²) >= 11 is 0. The average molecular weight is 323 g/mol. The third-order valence-electron chi connectivity index (χ3n) is 4.63. The van der Waals surface area contributed by atoms with Crippen molar-refractivity contribution in [1.82, 2.24) is 14.7 Å². The Bertz CT molecular complexity index is 932. The van der Waals surface area contributed by atoms with E-state index >= 15 is 0 Å². The molecule has 122 valence electrons. The second kappa shape index (κ2) is 5.74. The number of rotatable bonds is 3. The van der Waals surface area contributed by atoms with Crippen LogP contribution in [0.1, 0.15) is 45.2 Å². The lowest BCUT2D eigenvalue weighted by molar-refractivity contribution is 0.0931. The molecule has 1 aromatic carbocycles. The highest BCUT2D eigenvalue weighted by Crippen LogP contribution is 2.32. The van der Waals surface area contributed by atoms with Crippen LogP contribution in [0, 0.1) is 6.92 Å². The number of hydrogen-bond acceptors (Lipinski definition) is 2. The van der Waals surface area contributed by atoms with Crippen molar-refractivity contribution in [3.8, 4) is 0 Å². The van der Waals surface area contributed by atoms with Crippen LogP contribution >= 0.6 is 0 Å². The fourth-order valence-electron chi connectivity index (χ4n) is 3.39. The largest absolute Gasteiger partial charge is 0.344 e. The Morgan fingerprint density at radius 3 is 3.08 bits per heavy atom. The Morgan fingerprint density at radius 1 is 1.38 bits per heavy atom. The molecule has 1 N–H and O–H groups in total. The van der Waals surface area contributed by atoms with Crippen molar-refractivity contribution in [2.75, 3.05) is 0 Å². The molecular weight excluding hydrogens is 305 g/mol. The molecule has 0 unspecified atom stereocenters. The van der Waals surface area contributed by atoms with Crippen molar-refractivity contribution >= 4 is 11.6 Å². The first-order valence-electron chi connectivity index (χ1n) is 8.08. The van der Waals surface area contributed by atoms with Gasteiger partial charge in [0, 0.05) is 6.20 Å². The third kappa shape index (κ3) is 2.46. The van der Waals surface area contributed by atoms with Crippen molar-refractivity contribution in [2.45, 2.75) is 32.5 Å². The summed E-state index contributed by atoms with van der Waals surface area (Å²) in [5, 5.41) is 3.09. The molecule has 0 aliphatic heterocycles. The van der Waals surface area contributed by atoms with Gasteiger partial charge in [-0.05, 0) is 48.1 Å². The van der Waals surface area contributed by atoms with Crippen LogP contribution in [0.3, 0.4) is 0 Å². The van der Waals surface area contributed by atoms with Crippen LogP contribution in [0.25, 0.3) is 5.65 Å². The molecule has 24 heavy (non-hydrogen) atoms. The van der Waals surface area contributed by atoms with E-state index < -0.39 is 6.67 Å². The minimum atomic E-state index is -0.453. The van der Waals surface area contributed by atoms with Crippen LogP contribution in [-0.2, 0) is 13.1 Å². The SMILES string of the molecule is Cc1ccc2ncc(C(=O)N[C@@H]3CCc4cc(CF)ccc43)n2c1. The maximum atomic E-state index is 12.8. The smallest absolute Gasteiger partial charge is 0.270 e. The summed E-state index contributed by atoms with van der Waals surface area (Å²) in [5.74, 6) is -0.138. The molecule has 0 saturated heterocycles.